The van der Waals surface area contributed by atoms with Gasteiger partial charge in [0.1, 0.15) is 18.1 Å². The highest BCUT2D eigenvalue weighted by Crippen LogP contribution is 2.20. The van der Waals surface area contributed by atoms with Crippen LogP contribution in [0.3, 0.4) is 0 Å². The van der Waals surface area contributed by atoms with E-state index < -0.39 is 12.6 Å². The van der Waals surface area contributed by atoms with Crippen LogP contribution in [-0.4, -0.2) is 19.3 Å². The van der Waals surface area contributed by atoms with Crippen molar-refractivity contribution in [2.75, 3.05) is 13.2 Å². The molecule has 0 spiro atoms. The van der Waals surface area contributed by atoms with Crippen LogP contribution in [0.4, 0.5) is 13.2 Å². The topological polar surface area (TPSA) is 34.4 Å². The van der Waals surface area contributed by atoms with Crippen LogP contribution in [0.2, 0.25) is 0 Å². The minimum Gasteiger partial charge on any atom is -0.464 e. The minimum absolute atomic E-state index is 0.0725. The highest BCUT2D eigenvalue weighted by molar-refractivity contribution is 5.20. The quantitative estimate of drug-likeness (QED) is 0.769. The van der Waals surface area contributed by atoms with E-state index in [1.807, 2.05) is 19.9 Å². The first kappa shape index (κ1) is 15.0. The Morgan fingerprint density at radius 2 is 2.11 bits per heavy atom. The molecule has 0 atom stereocenters. The Bertz CT molecular complexity index is 361. The number of hydrogen-bond donors (Lipinski definition) is 1. The van der Waals surface area contributed by atoms with Gasteiger partial charge in [-0.05, 0) is 19.5 Å². The predicted molar refractivity (Wildman–Crippen MR) is 61.2 cm³/mol. The summed E-state index contributed by atoms with van der Waals surface area (Å²) < 4.78 is 46.0. The van der Waals surface area contributed by atoms with Gasteiger partial charge < -0.3 is 14.5 Å². The van der Waals surface area contributed by atoms with E-state index in [0.29, 0.717) is 12.3 Å². The van der Waals surface area contributed by atoms with Gasteiger partial charge in [-0.15, -0.1) is 0 Å². The molecule has 0 aliphatic rings. The van der Waals surface area contributed by atoms with E-state index in [1.165, 1.54) is 0 Å². The molecule has 0 amide bonds. The zero-order valence-corrected chi connectivity index (χ0v) is 10.6. The maximum Gasteiger partial charge on any atom is 0.391 e. The third-order valence-corrected chi connectivity index (χ3v) is 2.41. The summed E-state index contributed by atoms with van der Waals surface area (Å²) in [5.41, 5.74) is 1.01. The van der Waals surface area contributed by atoms with Gasteiger partial charge in [-0.25, -0.2) is 0 Å². The van der Waals surface area contributed by atoms with Crippen molar-refractivity contribution in [3.63, 3.8) is 0 Å². The molecular formula is C12H18F3NO2. The van der Waals surface area contributed by atoms with Crippen molar-refractivity contribution in [1.82, 2.24) is 5.32 Å². The van der Waals surface area contributed by atoms with Crippen LogP contribution in [0, 0.1) is 6.92 Å². The minimum atomic E-state index is -4.17. The van der Waals surface area contributed by atoms with Crippen molar-refractivity contribution in [2.24, 2.45) is 0 Å². The largest absolute Gasteiger partial charge is 0.464 e. The fraction of sp³-hybridized carbons (Fsp3) is 0.667. The van der Waals surface area contributed by atoms with Gasteiger partial charge in [-0.2, -0.15) is 13.2 Å². The number of furan rings is 1. The molecule has 1 rings (SSSR count). The molecule has 0 bridgehead atoms. The van der Waals surface area contributed by atoms with Crippen molar-refractivity contribution < 1.29 is 22.3 Å². The number of rotatable bonds is 7. The highest BCUT2D eigenvalue weighted by Gasteiger charge is 2.26. The van der Waals surface area contributed by atoms with Crippen LogP contribution in [0.5, 0.6) is 0 Å². The fourth-order valence-electron chi connectivity index (χ4n) is 1.45. The second kappa shape index (κ2) is 6.80. The molecule has 1 heterocycles. The van der Waals surface area contributed by atoms with Crippen LogP contribution < -0.4 is 5.32 Å². The maximum atomic E-state index is 11.9. The van der Waals surface area contributed by atoms with Crippen molar-refractivity contribution in [3.8, 4) is 0 Å². The second-order valence-electron chi connectivity index (χ2n) is 3.99. The maximum absolute atomic E-state index is 11.9. The molecular weight excluding hydrogens is 247 g/mol. The summed E-state index contributed by atoms with van der Waals surface area (Å²) in [7, 11) is 0. The van der Waals surface area contributed by atoms with Crippen LogP contribution in [-0.2, 0) is 17.9 Å². The Labute approximate surface area is 104 Å². The number of nitrogens with one attached hydrogen (secondary N) is 1. The summed E-state index contributed by atoms with van der Waals surface area (Å²) in [6.45, 7) is 5.09. The molecule has 104 valence electrons. The van der Waals surface area contributed by atoms with Gasteiger partial charge in [0.15, 0.2) is 0 Å². The van der Waals surface area contributed by atoms with Gasteiger partial charge in [-0.3, -0.25) is 0 Å². The molecule has 0 saturated heterocycles. The van der Waals surface area contributed by atoms with E-state index >= 15 is 0 Å². The average molecular weight is 265 g/mol. The molecule has 1 aromatic heterocycles. The van der Waals surface area contributed by atoms with E-state index in [-0.39, 0.29) is 13.2 Å². The van der Waals surface area contributed by atoms with Crippen LogP contribution in [0.1, 0.15) is 30.4 Å². The normalized spacial score (nSPS) is 12.1. The molecule has 0 fully saturated rings. The Morgan fingerprint density at radius 1 is 1.39 bits per heavy atom. The van der Waals surface area contributed by atoms with Crippen molar-refractivity contribution in [3.05, 3.63) is 23.2 Å². The molecule has 1 aromatic rings. The van der Waals surface area contributed by atoms with Gasteiger partial charge >= 0.3 is 6.18 Å². The summed E-state index contributed by atoms with van der Waals surface area (Å²) in [6.07, 6.45) is -5.10. The van der Waals surface area contributed by atoms with E-state index in [0.717, 1.165) is 17.9 Å². The van der Waals surface area contributed by atoms with E-state index in [1.54, 1.807) is 0 Å². The number of alkyl halides is 3. The van der Waals surface area contributed by atoms with Gasteiger partial charge in [0.2, 0.25) is 0 Å². The zero-order chi connectivity index (χ0) is 13.6. The third-order valence-electron chi connectivity index (χ3n) is 2.41. The first-order valence-corrected chi connectivity index (χ1v) is 5.85. The first-order chi connectivity index (χ1) is 8.42. The molecule has 6 heteroatoms. The summed E-state index contributed by atoms with van der Waals surface area (Å²) in [5, 5.41) is 3.16. The SMILES string of the molecule is CCNCc1cc(COCCC(F)(F)F)oc1C. The number of halogens is 3. The van der Waals surface area contributed by atoms with Gasteiger partial charge in [-0.1, -0.05) is 6.92 Å². The van der Waals surface area contributed by atoms with Crippen LogP contribution in [0.15, 0.2) is 10.5 Å². The summed E-state index contributed by atoms with van der Waals surface area (Å²) in [5.74, 6) is 1.33. The lowest BCUT2D eigenvalue weighted by Crippen LogP contribution is -2.11. The molecule has 0 saturated carbocycles. The lowest BCUT2D eigenvalue weighted by atomic mass is 10.2. The van der Waals surface area contributed by atoms with Gasteiger partial charge in [0.05, 0.1) is 13.0 Å². The molecule has 0 aliphatic heterocycles. The molecule has 0 unspecified atom stereocenters. The van der Waals surface area contributed by atoms with Crippen LogP contribution >= 0.6 is 0 Å². The molecule has 0 radical (unpaired) electrons. The first-order valence-electron chi connectivity index (χ1n) is 5.85. The number of hydrogen-bond acceptors (Lipinski definition) is 3. The Morgan fingerprint density at radius 3 is 2.72 bits per heavy atom. The standard InChI is InChI=1S/C12H18F3NO2/c1-3-16-7-10-6-11(18-9(10)2)8-17-5-4-12(13,14)15/h6,16H,3-5,7-8H2,1-2H3. The highest BCUT2D eigenvalue weighted by atomic mass is 19.4. The molecule has 3 nitrogen and oxygen atoms in total. The number of ether oxygens (including phenoxy) is 1. The van der Waals surface area contributed by atoms with E-state index in [9.17, 15) is 13.2 Å². The Kier molecular flexibility index (Phi) is 5.68. The van der Waals surface area contributed by atoms with Crippen molar-refractivity contribution in [2.45, 2.75) is 39.6 Å². The monoisotopic (exact) mass is 265 g/mol. The summed E-state index contributed by atoms with van der Waals surface area (Å²) in [4.78, 5) is 0. The average Bonchev–Trinajstić information content (AvgIpc) is 2.61. The third kappa shape index (κ3) is 5.55. The summed E-state index contributed by atoms with van der Waals surface area (Å²) >= 11 is 0. The smallest absolute Gasteiger partial charge is 0.391 e. The molecule has 0 aliphatic carbocycles. The van der Waals surface area contributed by atoms with Crippen molar-refractivity contribution in [1.29, 1.82) is 0 Å². The second-order valence-corrected chi connectivity index (χ2v) is 3.99. The van der Waals surface area contributed by atoms with E-state index in [4.69, 9.17) is 9.15 Å². The molecule has 0 aromatic carbocycles. The lowest BCUT2D eigenvalue weighted by molar-refractivity contribution is -0.146. The summed E-state index contributed by atoms with van der Waals surface area (Å²) in [6, 6.07) is 1.81. The Hall–Kier alpha value is -1.01. The van der Waals surface area contributed by atoms with Crippen molar-refractivity contribution >= 4 is 0 Å². The molecule has 1 N–H and O–H groups in total. The van der Waals surface area contributed by atoms with Crippen LogP contribution in [0.25, 0.3) is 0 Å². The van der Waals surface area contributed by atoms with Gasteiger partial charge in [0, 0.05) is 12.1 Å². The van der Waals surface area contributed by atoms with E-state index in [2.05, 4.69) is 5.32 Å². The number of aryl methyl sites for hydroxylation is 1. The fourth-order valence-corrected chi connectivity index (χ4v) is 1.45. The zero-order valence-electron chi connectivity index (χ0n) is 10.6. The lowest BCUT2D eigenvalue weighted by Gasteiger charge is -2.05. The predicted octanol–water partition coefficient (Wildman–Crippen LogP) is 3.17. The molecule has 18 heavy (non-hydrogen) atoms. The Balaban J connectivity index is 2.34. The van der Waals surface area contributed by atoms with Gasteiger partial charge in [0.25, 0.3) is 0 Å².